The zero-order chi connectivity index (χ0) is 17.3. The van der Waals surface area contributed by atoms with Gasteiger partial charge in [0.05, 0.1) is 5.54 Å². The second-order valence-electron chi connectivity index (χ2n) is 7.17. The molecule has 2 heterocycles. The maximum Gasteiger partial charge on any atom is 0.242 e. The SMILES string of the molecule is CCCC(C)(N)C(=O)N1CCC(c2c[nH]c3cc(F)ccc23)CC1.Cl. The van der Waals surface area contributed by atoms with Gasteiger partial charge in [-0.3, -0.25) is 4.79 Å². The highest BCUT2D eigenvalue weighted by molar-refractivity contribution is 5.86. The first-order chi connectivity index (χ1) is 11.4. The van der Waals surface area contributed by atoms with E-state index in [0.717, 1.165) is 43.3 Å². The van der Waals surface area contributed by atoms with E-state index in [-0.39, 0.29) is 24.1 Å². The number of H-pyrrole nitrogens is 1. The van der Waals surface area contributed by atoms with Gasteiger partial charge in [-0.05, 0) is 55.9 Å². The molecule has 25 heavy (non-hydrogen) atoms. The molecule has 0 radical (unpaired) electrons. The Morgan fingerprint density at radius 3 is 2.72 bits per heavy atom. The van der Waals surface area contributed by atoms with Crippen LogP contribution in [0.1, 0.15) is 51.0 Å². The van der Waals surface area contributed by atoms with Crippen LogP contribution in [0.3, 0.4) is 0 Å². The minimum atomic E-state index is -0.764. The third-order valence-electron chi connectivity index (χ3n) is 5.16. The van der Waals surface area contributed by atoms with Crippen molar-refractivity contribution < 1.29 is 9.18 Å². The number of aromatic nitrogens is 1. The maximum atomic E-state index is 13.3. The lowest BCUT2D eigenvalue weighted by atomic mass is 9.87. The van der Waals surface area contributed by atoms with Crippen LogP contribution in [0.15, 0.2) is 24.4 Å². The van der Waals surface area contributed by atoms with Crippen molar-refractivity contribution in [2.24, 2.45) is 5.73 Å². The molecule has 4 nitrogen and oxygen atoms in total. The molecular weight excluding hydrogens is 341 g/mol. The van der Waals surface area contributed by atoms with E-state index in [9.17, 15) is 9.18 Å². The summed E-state index contributed by atoms with van der Waals surface area (Å²) in [6, 6.07) is 4.87. The van der Waals surface area contributed by atoms with Gasteiger partial charge in [-0.15, -0.1) is 12.4 Å². The largest absolute Gasteiger partial charge is 0.361 e. The van der Waals surface area contributed by atoms with Crippen LogP contribution in [0.2, 0.25) is 0 Å². The quantitative estimate of drug-likeness (QED) is 0.859. The molecule has 1 atom stereocenters. The van der Waals surface area contributed by atoms with Gasteiger partial charge in [0.15, 0.2) is 0 Å². The molecule has 0 spiro atoms. The Labute approximate surface area is 154 Å². The van der Waals surface area contributed by atoms with Crippen molar-refractivity contribution in [1.82, 2.24) is 9.88 Å². The Balaban J connectivity index is 0.00000225. The number of benzene rings is 1. The molecule has 1 unspecified atom stereocenters. The highest BCUT2D eigenvalue weighted by atomic mass is 35.5. The minimum absolute atomic E-state index is 0. The fraction of sp³-hybridized carbons (Fsp3) is 0.526. The van der Waals surface area contributed by atoms with Gasteiger partial charge in [-0.1, -0.05) is 13.3 Å². The second-order valence-corrected chi connectivity index (χ2v) is 7.17. The Hall–Kier alpha value is -1.59. The van der Waals surface area contributed by atoms with E-state index < -0.39 is 5.54 Å². The average molecular weight is 368 g/mol. The van der Waals surface area contributed by atoms with Crippen LogP contribution in [0.4, 0.5) is 4.39 Å². The second kappa shape index (κ2) is 7.75. The Morgan fingerprint density at radius 1 is 1.40 bits per heavy atom. The molecular formula is C19H27ClFN3O. The van der Waals surface area contributed by atoms with E-state index in [2.05, 4.69) is 4.98 Å². The number of amides is 1. The molecule has 3 rings (SSSR count). The zero-order valence-electron chi connectivity index (χ0n) is 14.8. The number of likely N-dealkylation sites (tertiary alicyclic amines) is 1. The van der Waals surface area contributed by atoms with Crippen molar-refractivity contribution >= 4 is 29.2 Å². The molecule has 2 aromatic rings. The van der Waals surface area contributed by atoms with E-state index >= 15 is 0 Å². The van der Waals surface area contributed by atoms with Gasteiger partial charge >= 0.3 is 0 Å². The topological polar surface area (TPSA) is 62.1 Å². The van der Waals surface area contributed by atoms with Crippen LogP contribution in [-0.4, -0.2) is 34.4 Å². The lowest BCUT2D eigenvalue weighted by Crippen LogP contribution is -2.54. The monoisotopic (exact) mass is 367 g/mol. The van der Waals surface area contributed by atoms with Gasteiger partial charge in [0.2, 0.25) is 5.91 Å². The number of fused-ring (bicyclic) bond motifs is 1. The summed E-state index contributed by atoms with van der Waals surface area (Å²) in [5, 5.41) is 1.08. The number of hydrogen-bond donors (Lipinski definition) is 2. The number of hydrogen-bond acceptors (Lipinski definition) is 2. The predicted molar refractivity (Wildman–Crippen MR) is 102 cm³/mol. The number of aromatic amines is 1. The van der Waals surface area contributed by atoms with Crippen LogP contribution in [0.5, 0.6) is 0 Å². The molecule has 3 N–H and O–H groups in total. The summed E-state index contributed by atoms with van der Waals surface area (Å²) in [5.74, 6) is 0.224. The van der Waals surface area contributed by atoms with Gasteiger partial charge in [-0.25, -0.2) is 4.39 Å². The van der Waals surface area contributed by atoms with Gasteiger partial charge in [0.1, 0.15) is 5.82 Å². The smallest absolute Gasteiger partial charge is 0.242 e. The molecule has 1 amide bonds. The Kier molecular flexibility index (Phi) is 6.12. The summed E-state index contributed by atoms with van der Waals surface area (Å²) in [6.45, 7) is 5.34. The number of piperidine rings is 1. The summed E-state index contributed by atoms with van der Waals surface area (Å²) in [6.07, 6.45) is 5.42. The molecule has 0 aliphatic carbocycles. The van der Waals surface area contributed by atoms with Crippen LogP contribution < -0.4 is 5.73 Å². The van der Waals surface area contributed by atoms with Crippen molar-refractivity contribution in [2.45, 2.75) is 51.0 Å². The lowest BCUT2D eigenvalue weighted by Gasteiger charge is -2.36. The fourth-order valence-corrected chi connectivity index (χ4v) is 3.84. The molecule has 0 bridgehead atoms. The lowest BCUT2D eigenvalue weighted by molar-refractivity contribution is -0.137. The molecule has 1 aliphatic heterocycles. The summed E-state index contributed by atoms with van der Waals surface area (Å²) in [5.41, 5.74) is 7.48. The number of nitrogens with one attached hydrogen (secondary N) is 1. The normalized spacial score (nSPS) is 18.0. The molecule has 0 saturated carbocycles. The van der Waals surface area contributed by atoms with Crippen LogP contribution in [0, 0.1) is 5.82 Å². The van der Waals surface area contributed by atoms with E-state index in [1.54, 1.807) is 0 Å². The molecule has 1 fully saturated rings. The van der Waals surface area contributed by atoms with Crippen molar-refractivity contribution in [1.29, 1.82) is 0 Å². The number of carbonyl (C=O) groups is 1. The number of nitrogens with two attached hydrogens (primary N) is 1. The standard InChI is InChI=1S/C19H26FN3O.ClH/c1-3-8-19(2,21)18(24)23-9-6-13(7-10-23)16-12-22-17-11-14(20)4-5-15(16)17;/h4-5,11-13,22H,3,6-10,21H2,1-2H3;1H. The Bertz CT molecular complexity index is 735. The first kappa shape index (κ1) is 19.7. The molecule has 1 aromatic carbocycles. The van der Waals surface area contributed by atoms with Crippen LogP contribution in [-0.2, 0) is 4.79 Å². The molecule has 1 aromatic heterocycles. The first-order valence-electron chi connectivity index (χ1n) is 8.77. The van der Waals surface area contributed by atoms with E-state index in [0.29, 0.717) is 12.3 Å². The average Bonchev–Trinajstić information content (AvgIpc) is 2.97. The fourth-order valence-electron chi connectivity index (χ4n) is 3.84. The van der Waals surface area contributed by atoms with Crippen LogP contribution >= 0.6 is 12.4 Å². The molecule has 1 saturated heterocycles. The third kappa shape index (κ3) is 3.98. The van der Waals surface area contributed by atoms with Gasteiger partial charge in [-0.2, -0.15) is 0 Å². The van der Waals surface area contributed by atoms with Crippen molar-refractivity contribution in [3.8, 4) is 0 Å². The van der Waals surface area contributed by atoms with Gasteiger partial charge in [0.25, 0.3) is 0 Å². The van der Waals surface area contributed by atoms with Gasteiger partial charge < -0.3 is 15.6 Å². The third-order valence-corrected chi connectivity index (χ3v) is 5.16. The number of halogens is 2. The Morgan fingerprint density at radius 2 is 2.08 bits per heavy atom. The van der Waals surface area contributed by atoms with Crippen LogP contribution in [0.25, 0.3) is 10.9 Å². The number of nitrogens with zero attached hydrogens (tertiary/aromatic N) is 1. The summed E-state index contributed by atoms with van der Waals surface area (Å²) >= 11 is 0. The van der Waals surface area contributed by atoms with Gasteiger partial charge in [0, 0.05) is 30.2 Å². The minimum Gasteiger partial charge on any atom is -0.361 e. The highest BCUT2D eigenvalue weighted by Crippen LogP contribution is 2.34. The zero-order valence-corrected chi connectivity index (χ0v) is 15.7. The summed E-state index contributed by atoms with van der Waals surface area (Å²) < 4.78 is 13.3. The number of rotatable bonds is 4. The highest BCUT2D eigenvalue weighted by Gasteiger charge is 2.34. The first-order valence-corrected chi connectivity index (χ1v) is 8.77. The van der Waals surface area contributed by atoms with E-state index in [4.69, 9.17) is 5.73 Å². The molecule has 1 aliphatic rings. The molecule has 6 heteroatoms. The molecule has 138 valence electrons. The van der Waals surface area contributed by atoms with Crippen molar-refractivity contribution in [3.63, 3.8) is 0 Å². The van der Waals surface area contributed by atoms with Crippen molar-refractivity contribution in [3.05, 3.63) is 35.8 Å². The predicted octanol–water partition coefficient (Wildman–Crippen LogP) is 3.95. The maximum absolute atomic E-state index is 13.3. The van der Waals surface area contributed by atoms with E-state index in [1.807, 2.05) is 31.0 Å². The summed E-state index contributed by atoms with van der Waals surface area (Å²) in [7, 11) is 0. The van der Waals surface area contributed by atoms with Crippen molar-refractivity contribution in [2.75, 3.05) is 13.1 Å². The number of carbonyl (C=O) groups excluding carboxylic acids is 1. The summed E-state index contributed by atoms with van der Waals surface area (Å²) in [4.78, 5) is 17.7. The van der Waals surface area contributed by atoms with E-state index in [1.165, 1.54) is 17.7 Å².